The van der Waals surface area contributed by atoms with Gasteiger partial charge in [-0.25, -0.2) is 4.68 Å². The first-order chi connectivity index (χ1) is 7.25. The maximum Gasteiger partial charge on any atom is 0.134 e. The predicted molar refractivity (Wildman–Crippen MR) is 57.9 cm³/mol. The van der Waals surface area contributed by atoms with E-state index in [0.717, 1.165) is 11.3 Å². The molecule has 2 aromatic rings. The van der Waals surface area contributed by atoms with E-state index in [2.05, 4.69) is 5.10 Å². The summed E-state index contributed by atoms with van der Waals surface area (Å²) in [6, 6.07) is 9.84. The second-order valence-corrected chi connectivity index (χ2v) is 3.51. The number of benzene rings is 1. The van der Waals surface area contributed by atoms with Crippen LogP contribution in [-0.2, 0) is 11.2 Å². The van der Waals surface area contributed by atoms with Gasteiger partial charge in [-0.1, -0.05) is 18.2 Å². The SMILES string of the molecule is CC(=O)Cc1cnn(-c2ccccc2)c1. The molecule has 0 aliphatic rings. The van der Waals surface area contributed by atoms with E-state index in [4.69, 9.17) is 0 Å². The minimum atomic E-state index is 0.155. The van der Waals surface area contributed by atoms with Crippen LogP contribution < -0.4 is 0 Å². The quantitative estimate of drug-likeness (QED) is 0.759. The number of Topliss-reactive ketones (excluding diaryl/α,β-unsaturated/α-hetero) is 1. The fraction of sp³-hybridized carbons (Fsp3) is 0.167. The number of para-hydroxylation sites is 1. The molecule has 0 radical (unpaired) electrons. The molecule has 0 saturated heterocycles. The van der Waals surface area contributed by atoms with Crippen LogP contribution in [0, 0.1) is 0 Å². The summed E-state index contributed by atoms with van der Waals surface area (Å²) in [4.78, 5) is 10.9. The molecule has 0 amide bonds. The van der Waals surface area contributed by atoms with E-state index in [1.165, 1.54) is 0 Å². The molecule has 15 heavy (non-hydrogen) atoms. The zero-order chi connectivity index (χ0) is 10.7. The van der Waals surface area contributed by atoms with Gasteiger partial charge in [0.15, 0.2) is 0 Å². The molecule has 0 N–H and O–H groups in total. The van der Waals surface area contributed by atoms with Crippen LogP contribution in [-0.4, -0.2) is 15.6 Å². The molecule has 0 bridgehead atoms. The van der Waals surface area contributed by atoms with Crippen LogP contribution in [0.25, 0.3) is 5.69 Å². The molecule has 0 spiro atoms. The lowest BCUT2D eigenvalue weighted by Crippen LogP contribution is -1.95. The molecule has 0 unspecified atom stereocenters. The summed E-state index contributed by atoms with van der Waals surface area (Å²) in [6.45, 7) is 1.58. The van der Waals surface area contributed by atoms with Gasteiger partial charge in [-0.2, -0.15) is 5.10 Å². The highest BCUT2D eigenvalue weighted by molar-refractivity contribution is 5.77. The molecule has 3 heteroatoms. The van der Waals surface area contributed by atoms with Crippen molar-refractivity contribution in [3.8, 4) is 5.69 Å². The largest absolute Gasteiger partial charge is 0.300 e. The van der Waals surface area contributed by atoms with Gasteiger partial charge in [-0.15, -0.1) is 0 Å². The zero-order valence-corrected chi connectivity index (χ0v) is 8.55. The van der Waals surface area contributed by atoms with Crippen molar-refractivity contribution in [2.24, 2.45) is 0 Å². The van der Waals surface area contributed by atoms with Crippen LogP contribution in [0.15, 0.2) is 42.7 Å². The molecule has 1 aromatic carbocycles. The van der Waals surface area contributed by atoms with Crippen molar-refractivity contribution in [1.82, 2.24) is 9.78 Å². The number of hydrogen-bond donors (Lipinski definition) is 0. The third kappa shape index (κ3) is 2.31. The summed E-state index contributed by atoms with van der Waals surface area (Å²) < 4.78 is 1.78. The summed E-state index contributed by atoms with van der Waals surface area (Å²) >= 11 is 0. The van der Waals surface area contributed by atoms with E-state index in [9.17, 15) is 4.79 Å². The highest BCUT2D eigenvalue weighted by Crippen LogP contribution is 2.07. The van der Waals surface area contributed by atoms with Crippen molar-refractivity contribution in [2.45, 2.75) is 13.3 Å². The second-order valence-electron chi connectivity index (χ2n) is 3.51. The van der Waals surface area contributed by atoms with E-state index in [0.29, 0.717) is 6.42 Å². The molecular weight excluding hydrogens is 188 g/mol. The maximum atomic E-state index is 10.9. The Labute approximate surface area is 88.4 Å². The lowest BCUT2D eigenvalue weighted by atomic mass is 10.2. The summed E-state index contributed by atoms with van der Waals surface area (Å²) in [7, 11) is 0. The molecule has 1 heterocycles. The molecule has 0 fully saturated rings. The van der Waals surface area contributed by atoms with Gasteiger partial charge in [0, 0.05) is 12.6 Å². The first-order valence-corrected chi connectivity index (χ1v) is 4.84. The van der Waals surface area contributed by atoms with Gasteiger partial charge in [0.2, 0.25) is 0 Å². The van der Waals surface area contributed by atoms with E-state index >= 15 is 0 Å². The van der Waals surface area contributed by atoms with Crippen molar-refractivity contribution < 1.29 is 4.79 Å². The summed E-state index contributed by atoms with van der Waals surface area (Å²) in [5, 5.41) is 4.20. The Bertz CT molecular complexity index is 459. The number of carbonyl (C=O) groups is 1. The molecule has 3 nitrogen and oxygen atoms in total. The second kappa shape index (κ2) is 4.09. The average molecular weight is 200 g/mol. The molecule has 2 rings (SSSR count). The predicted octanol–water partition coefficient (Wildman–Crippen LogP) is 2.00. The van der Waals surface area contributed by atoms with E-state index in [1.54, 1.807) is 17.8 Å². The number of aromatic nitrogens is 2. The van der Waals surface area contributed by atoms with Crippen LogP contribution in [0.2, 0.25) is 0 Å². The Hall–Kier alpha value is -1.90. The summed E-state index contributed by atoms with van der Waals surface area (Å²) in [5.74, 6) is 0.155. The minimum Gasteiger partial charge on any atom is -0.300 e. The molecular formula is C12H12N2O. The fourth-order valence-corrected chi connectivity index (χ4v) is 1.46. The van der Waals surface area contributed by atoms with Crippen molar-refractivity contribution in [1.29, 1.82) is 0 Å². The van der Waals surface area contributed by atoms with Crippen LogP contribution >= 0.6 is 0 Å². The van der Waals surface area contributed by atoms with E-state index in [-0.39, 0.29) is 5.78 Å². The van der Waals surface area contributed by atoms with Crippen molar-refractivity contribution in [3.63, 3.8) is 0 Å². The van der Waals surface area contributed by atoms with Crippen LogP contribution in [0.5, 0.6) is 0 Å². The maximum absolute atomic E-state index is 10.9. The van der Waals surface area contributed by atoms with Crippen LogP contribution in [0.1, 0.15) is 12.5 Å². The van der Waals surface area contributed by atoms with Crippen molar-refractivity contribution in [2.75, 3.05) is 0 Å². The van der Waals surface area contributed by atoms with Gasteiger partial charge in [0.1, 0.15) is 5.78 Å². The smallest absolute Gasteiger partial charge is 0.134 e. The third-order valence-electron chi connectivity index (χ3n) is 2.11. The Balaban J connectivity index is 2.24. The van der Waals surface area contributed by atoms with E-state index in [1.807, 2.05) is 36.5 Å². The first kappa shape index (κ1) is 9.65. The molecule has 76 valence electrons. The normalized spacial score (nSPS) is 10.2. The standard InChI is InChI=1S/C12H12N2O/c1-10(15)7-11-8-13-14(9-11)12-5-3-2-4-6-12/h2-6,8-9H,7H2,1H3. The topological polar surface area (TPSA) is 34.9 Å². The molecule has 0 aliphatic heterocycles. The highest BCUT2D eigenvalue weighted by Gasteiger charge is 2.02. The average Bonchev–Trinajstić information content (AvgIpc) is 2.67. The number of carbonyl (C=O) groups excluding carboxylic acids is 1. The van der Waals surface area contributed by atoms with Gasteiger partial charge < -0.3 is 0 Å². The van der Waals surface area contributed by atoms with Gasteiger partial charge in [0.25, 0.3) is 0 Å². The van der Waals surface area contributed by atoms with Gasteiger partial charge in [-0.3, -0.25) is 4.79 Å². The Morgan fingerprint density at radius 1 is 1.33 bits per heavy atom. The van der Waals surface area contributed by atoms with Gasteiger partial charge in [0.05, 0.1) is 11.9 Å². The lowest BCUT2D eigenvalue weighted by Gasteiger charge is -1.98. The molecule has 0 aliphatic carbocycles. The monoisotopic (exact) mass is 200 g/mol. The van der Waals surface area contributed by atoms with Crippen molar-refractivity contribution in [3.05, 3.63) is 48.3 Å². The Morgan fingerprint density at radius 3 is 2.73 bits per heavy atom. The van der Waals surface area contributed by atoms with Gasteiger partial charge in [-0.05, 0) is 24.6 Å². The summed E-state index contributed by atoms with van der Waals surface area (Å²) in [5.41, 5.74) is 1.96. The Kier molecular flexibility index (Phi) is 2.63. The highest BCUT2D eigenvalue weighted by atomic mass is 16.1. The van der Waals surface area contributed by atoms with Gasteiger partial charge >= 0.3 is 0 Å². The zero-order valence-electron chi connectivity index (χ0n) is 8.55. The number of rotatable bonds is 3. The van der Waals surface area contributed by atoms with Crippen LogP contribution in [0.4, 0.5) is 0 Å². The third-order valence-corrected chi connectivity index (χ3v) is 2.11. The summed E-state index contributed by atoms with van der Waals surface area (Å²) in [6.07, 6.45) is 4.07. The fourth-order valence-electron chi connectivity index (χ4n) is 1.46. The Morgan fingerprint density at radius 2 is 2.07 bits per heavy atom. The lowest BCUT2D eigenvalue weighted by molar-refractivity contribution is -0.116. The minimum absolute atomic E-state index is 0.155. The molecule has 0 saturated carbocycles. The molecule has 0 atom stereocenters. The van der Waals surface area contributed by atoms with E-state index < -0.39 is 0 Å². The molecule has 1 aromatic heterocycles. The number of nitrogens with zero attached hydrogens (tertiary/aromatic N) is 2. The first-order valence-electron chi connectivity index (χ1n) is 4.84. The van der Waals surface area contributed by atoms with Crippen molar-refractivity contribution >= 4 is 5.78 Å². The number of ketones is 1. The van der Waals surface area contributed by atoms with Crippen LogP contribution in [0.3, 0.4) is 0 Å². The number of hydrogen-bond acceptors (Lipinski definition) is 2.